The fraction of sp³-hybridized carbons (Fsp3) is 0.526. The summed E-state index contributed by atoms with van der Waals surface area (Å²) in [6.07, 6.45) is 1.23. The number of rotatable bonds is 5. The standard InChI is InChI=1S/C19H26N4O2/c1-4-17-20-21-19(25-17)15(3)22-9-11-23(12-10-22)18(24)13-16-8-6-5-7-14(16)2/h5-8,15H,4,9-13H2,1-3H3. The summed E-state index contributed by atoms with van der Waals surface area (Å²) in [6.45, 7) is 9.26. The van der Waals surface area contributed by atoms with Gasteiger partial charge in [0.1, 0.15) is 0 Å². The Labute approximate surface area is 148 Å². The third kappa shape index (κ3) is 4.07. The third-order valence-electron chi connectivity index (χ3n) is 4.96. The first-order chi connectivity index (χ1) is 12.1. The number of hydrogen-bond donors (Lipinski definition) is 0. The molecule has 6 nitrogen and oxygen atoms in total. The molecular weight excluding hydrogens is 316 g/mol. The predicted molar refractivity (Wildman–Crippen MR) is 95.1 cm³/mol. The van der Waals surface area contributed by atoms with Crippen LogP contribution in [0.4, 0.5) is 0 Å². The largest absolute Gasteiger partial charge is 0.424 e. The highest BCUT2D eigenvalue weighted by Gasteiger charge is 2.27. The Morgan fingerprint density at radius 3 is 2.56 bits per heavy atom. The lowest BCUT2D eigenvalue weighted by Gasteiger charge is -2.37. The van der Waals surface area contributed by atoms with Crippen LogP contribution in [-0.4, -0.2) is 52.1 Å². The summed E-state index contributed by atoms with van der Waals surface area (Å²) in [7, 11) is 0. The van der Waals surface area contributed by atoms with Crippen molar-refractivity contribution in [3.63, 3.8) is 0 Å². The molecule has 1 saturated heterocycles. The molecule has 6 heteroatoms. The van der Waals surface area contributed by atoms with E-state index in [1.54, 1.807) is 0 Å². The van der Waals surface area contributed by atoms with Crippen LogP contribution >= 0.6 is 0 Å². The third-order valence-corrected chi connectivity index (χ3v) is 4.96. The van der Waals surface area contributed by atoms with E-state index in [2.05, 4.69) is 35.0 Å². The molecular formula is C19H26N4O2. The number of hydrogen-bond acceptors (Lipinski definition) is 5. The number of carbonyl (C=O) groups is 1. The van der Waals surface area contributed by atoms with Gasteiger partial charge in [-0.15, -0.1) is 10.2 Å². The number of amides is 1. The second-order valence-electron chi connectivity index (χ2n) is 6.58. The Bertz CT molecular complexity index is 720. The normalized spacial score (nSPS) is 16.8. The predicted octanol–water partition coefficient (Wildman–Crippen LogP) is 2.39. The number of aryl methyl sites for hydroxylation is 2. The molecule has 0 spiro atoms. The smallest absolute Gasteiger partial charge is 0.233 e. The molecule has 1 fully saturated rings. The van der Waals surface area contributed by atoms with E-state index in [4.69, 9.17) is 4.42 Å². The fourth-order valence-corrected chi connectivity index (χ4v) is 3.18. The molecule has 1 aromatic carbocycles. The van der Waals surface area contributed by atoms with E-state index in [0.717, 1.165) is 38.2 Å². The van der Waals surface area contributed by atoms with Gasteiger partial charge in [0.05, 0.1) is 12.5 Å². The molecule has 0 aliphatic carbocycles. The van der Waals surface area contributed by atoms with Crippen LogP contribution in [0.2, 0.25) is 0 Å². The first kappa shape index (κ1) is 17.6. The molecule has 0 bridgehead atoms. The Hall–Kier alpha value is -2.21. The minimum atomic E-state index is 0.0846. The molecule has 2 aromatic rings. The minimum absolute atomic E-state index is 0.0846. The van der Waals surface area contributed by atoms with Crippen LogP contribution < -0.4 is 0 Å². The lowest BCUT2D eigenvalue weighted by molar-refractivity contribution is -0.132. The summed E-state index contributed by atoms with van der Waals surface area (Å²) in [6, 6.07) is 8.17. The molecule has 134 valence electrons. The van der Waals surface area contributed by atoms with Crippen molar-refractivity contribution in [1.82, 2.24) is 20.0 Å². The summed E-state index contributed by atoms with van der Waals surface area (Å²) in [5, 5.41) is 8.18. The molecule has 0 saturated carbocycles. The van der Waals surface area contributed by atoms with Crippen LogP contribution in [-0.2, 0) is 17.6 Å². The van der Waals surface area contributed by atoms with Gasteiger partial charge in [0.25, 0.3) is 0 Å². The molecule has 25 heavy (non-hydrogen) atoms. The first-order valence-corrected chi connectivity index (χ1v) is 8.97. The average Bonchev–Trinajstić information content (AvgIpc) is 3.12. The van der Waals surface area contributed by atoms with Crippen molar-refractivity contribution in [2.75, 3.05) is 26.2 Å². The average molecular weight is 342 g/mol. The van der Waals surface area contributed by atoms with Crippen LogP contribution in [0.15, 0.2) is 28.7 Å². The van der Waals surface area contributed by atoms with Crippen molar-refractivity contribution < 1.29 is 9.21 Å². The highest BCUT2D eigenvalue weighted by Crippen LogP contribution is 2.21. The van der Waals surface area contributed by atoms with E-state index in [1.165, 1.54) is 5.56 Å². The molecule has 1 aliphatic heterocycles. The van der Waals surface area contributed by atoms with Crippen molar-refractivity contribution in [2.45, 2.75) is 39.7 Å². The van der Waals surface area contributed by atoms with Gasteiger partial charge in [-0.3, -0.25) is 9.69 Å². The van der Waals surface area contributed by atoms with E-state index in [1.807, 2.05) is 30.0 Å². The van der Waals surface area contributed by atoms with E-state index >= 15 is 0 Å². The maximum Gasteiger partial charge on any atom is 0.233 e. The maximum atomic E-state index is 12.6. The molecule has 2 heterocycles. The summed E-state index contributed by atoms with van der Waals surface area (Å²) in [5.41, 5.74) is 2.28. The van der Waals surface area contributed by atoms with Crippen LogP contribution in [0.3, 0.4) is 0 Å². The zero-order chi connectivity index (χ0) is 17.8. The molecule has 0 radical (unpaired) electrons. The minimum Gasteiger partial charge on any atom is -0.424 e. The van der Waals surface area contributed by atoms with Gasteiger partial charge < -0.3 is 9.32 Å². The number of piperazine rings is 1. The highest BCUT2D eigenvalue weighted by molar-refractivity contribution is 5.79. The van der Waals surface area contributed by atoms with E-state index in [-0.39, 0.29) is 11.9 Å². The quantitative estimate of drug-likeness (QED) is 0.835. The monoisotopic (exact) mass is 342 g/mol. The summed E-state index contributed by atoms with van der Waals surface area (Å²) >= 11 is 0. The molecule has 1 aliphatic rings. The van der Waals surface area contributed by atoms with Crippen LogP contribution in [0, 0.1) is 6.92 Å². The van der Waals surface area contributed by atoms with Gasteiger partial charge in [-0.2, -0.15) is 0 Å². The van der Waals surface area contributed by atoms with Gasteiger partial charge in [0.15, 0.2) is 0 Å². The van der Waals surface area contributed by atoms with Gasteiger partial charge in [-0.25, -0.2) is 0 Å². The van der Waals surface area contributed by atoms with Crippen molar-refractivity contribution in [1.29, 1.82) is 0 Å². The highest BCUT2D eigenvalue weighted by atomic mass is 16.4. The molecule has 1 atom stereocenters. The van der Waals surface area contributed by atoms with Crippen LogP contribution in [0.25, 0.3) is 0 Å². The van der Waals surface area contributed by atoms with Crippen LogP contribution in [0.1, 0.15) is 42.8 Å². The van der Waals surface area contributed by atoms with Crippen LogP contribution in [0.5, 0.6) is 0 Å². The number of aromatic nitrogens is 2. The SMILES string of the molecule is CCc1nnc(C(C)N2CCN(C(=O)Cc3ccccc3C)CC2)o1. The zero-order valence-corrected chi connectivity index (χ0v) is 15.2. The molecule has 1 unspecified atom stereocenters. The Morgan fingerprint density at radius 2 is 1.92 bits per heavy atom. The molecule has 3 rings (SSSR count). The topological polar surface area (TPSA) is 62.5 Å². The molecule has 1 amide bonds. The van der Waals surface area contributed by atoms with E-state index in [0.29, 0.717) is 18.2 Å². The second-order valence-corrected chi connectivity index (χ2v) is 6.58. The Balaban J connectivity index is 1.54. The Morgan fingerprint density at radius 1 is 1.20 bits per heavy atom. The molecule has 0 N–H and O–H groups in total. The van der Waals surface area contributed by atoms with E-state index < -0.39 is 0 Å². The maximum absolute atomic E-state index is 12.6. The summed E-state index contributed by atoms with van der Waals surface area (Å²) in [5.74, 6) is 1.54. The van der Waals surface area contributed by atoms with Crippen molar-refractivity contribution >= 4 is 5.91 Å². The van der Waals surface area contributed by atoms with E-state index in [9.17, 15) is 4.79 Å². The second kappa shape index (κ2) is 7.78. The van der Waals surface area contributed by atoms with Crippen molar-refractivity contribution in [2.24, 2.45) is 0 Å². The first-order valence-electron chi connectivity index (χ1n) is 8.97. The lowest BCUT2D eigenvalue weighted by Crippen LogP contribution is -2.49. The summed E-state index contributed by atoms with van der Waals surface area (Å²) in [4.78, 5) is 16.8. The van der Waals surface area contributed by atoms with Crippen molar-refractivity contribution in [3.05, 3.63) is 47.2 Å². The number of nitrogens with zero attached hydrogens (tertiary/aromatic N) is 4. The van der Waals surface area contributed by atoms with Gasteiger partial charge in [-0.1, -0.05) is 31.2 Å². The fourth-order valence-electron chi connectivity index (χ4n) is 3.18. The number of carbonyl (C=O) groups excluding carboxylic acids is 1. The lowest BCUT2D eigenvalue weighted by atomic mass is 10.1. The van der Waals surface area contributed by atoms with Gasteiger partial charge in [0.2, 0.25) is 17.7 Å². The Kier molecular flexibility index (Phi) is 5.48. The number of benzene rings is 1. The van der Waals surface area contributed by atoms with Crippen molar-refractivity contribution in [3.8, 4) is 0 Å². The van der Waals surface area contributed by atoms with Gasteiger partial charge in [0, 0.05) is 32.6 Å². The molecule has 1 aromatic heterocycles. The van der Waals surface area contributed by atoms with Gasteiger partial charge in [-0.05, 0) is 25.0 Å². The zero-order valence-electron chi connectivity index (χ0n) is 15.2. The summed E-state index contributed by atoms with van der Waals surface area (Å²) < 4.78 is 5.67. The van der Waals surface area contributed by atoms with Gasteiger partial charge >= 0.3 is 0 Å².